The standard InChI is InChI=1S/C15H14N4O4S/c20-13(17-14-16-3-6-24-14)8-18-4-5-19(15(18)21)10-1-2-11-12(7-10)23-9-22-11/h1-3,6-7H,4-5,8-9H2,(H,16,17,20). The Kier molecular flexibility index (Phi) is 3.69. The lowest BCUT2D eigenvalue weighted by atomic mass is 10.2. The van der Waals surface area contributed by atoms with Crippen molar-refractivity contribution < 1.29 is 19.1 Å². The summed E-state index contributed by atoms with van der Waals surface area (Å²) in [4.78, 5) is 31.7. The predicted molar refractivity (Wildman–Crippen MR) is 87.6 cm³/mol. The second-order valence-corrected chi connectivity index (χ2v) is 6.17. The van der Waals surface area contributed by atoms with Crippen LogP contribution in [0.4, 0.5) is 15.6 Å². The summed E-state index contributed by atoms with van der Waals surface area (Å²) >= 11 is 1.34. The summed E-state index contributed by atoms with van der Waals surface area (Å²) in [6.07, 6.45) is 1.61. The molecule has 2 aliphatic rings. The molecule has 0 radical (unpaired) electrons. The second-order valence-electron chi connectivity index (χ2n) is 5.28. The molecule has 2 aliphatic heterocycles. The van der Waals surface area contributed by atoms with E-state index in [0.29, 0.717) is 29.7 Å². The van der Waals surface area contributed by atoms with Crippen molar-refractivity contribution in [3.8, 4) is 11.5 Å². The lowest BCUT2D eigenvalue weighted by Gasteiger charge is -2.18. The molecule has 1 fully saturated rings. The van der Waals surface area contributed by atoms with Crippen LogP contribution >= 0.6 is 11.3 Å². The smallest absolute Gasteiger partial charge is 0.325 e. The number of nitrogens with one attached hydrogen (secondary N) is 1. The fourth-order valence-corrected chi connectivity index (χ4v) is 3.18. The zero-order chi connectivity index (χ0) is 16.5. The molecule has 9 heteroatoms. The Hall–Kier alpha value is -2.81. The summed E-state index contributed by atoms with van der Waals surface area (Å²) in [5.74, 6) is 1.04. The van der Waals surface area contributed by atoms with Gasteiger partial charge in [0, 0.05) is 36.4 Å². The van der Waals surface area contributed by atoms with E-state index >= 15 is 0 Å². The van der Waals surface area contributed by atoms with E-state index < -0.39 is 0 Å². The number of hydrogen-bond acceptors (Lipinski definition) is 6. The fraction of sp³-hybridized carbons (Fsp3) is 0.267. The Morgan fingerprint density at radius 1 is 1.29 bits per heavy atom. The van der Waals surface area contributed by atoms with Crippen molar-refractivity contribution in [1.29, 1.82) is 0 Å². The molecular weight excluding hydrogens is 332 g/mol. The zero-order valence-corrected chi connectivity index (χ0v) is 13.4. The Morgan fingerprint density at radius 2 is 2.17 bits per heavy atom. The van der Waals surface area contributed by atoms with E-state index in [0.717, 1.165) is 5.69 Å². The van der Waals surface area contributed by atoms with Gasteiger partial charge in [-0.3, -0.25) is 9.69 Å². The number of carbonyl (C=O) groups excluding carboxylic acids is 2. The van der Waals surface area contributed by atoms with Crippen LogP contribution in [0, 0.1) is 0 Å². The van der Waals surface area contributed by atoms with Gasteiger partial charge in [0.1, 0.15) is 6.54 Å². The van der Waals surface area contributed by atoms with E-state index in [9.17, 15) is 9.59 Å². The van der Waals surface area contributed by atoms with Crippen LogP contribution in [0.15, 0.2) is 29.8 Å². The number of hydrogen-bond donors (Lipinski definition) is 1. The molecule has 1 N–H and O–H groups in total. The Bertz CT molecular complexity index is 780. The van der Waals surface area contributed by atoms with E-state index in [1.807, 2.05) is 6.07 Å². The molecule has 4 rings (SSSR count). The van der Waals surface area contributed by atoms with Crippen molar-refractivity contribution in [2.24, 2.45) is 0 Å². The third kappa shape index (κ3) is 2.73. The van der Waals surface area contributed by atoms with Gasteiger partial charge in [-0.25, -0.2) is 9.78 Å². The maximum absolute atomic E-state index is 12.5. The maximum Gasteiger partial charge on any atom is 0.325 e. The maximum atomic E-state index is 12.5. The first kappa shape index (κ1) is 14.8. The van der Waals surface area contributed by atoms with Crippen molar-refractivity contribution in [3.63, 3.8) is 0 Å². The quantitative estimate of drug-likeness (QED) is 0.912. The van der Waals surface area contributed by atoms with Crippen LogP contribution in [0.3, 0.4) is 0 Å². The number of urea groups is 1. The summed E-state index contributed by atoms with van der Waals surface area (Å²) < 4.78 is 10.6. The Balaban J connectivity index is 1.41. The normalized spacial score (nSPS) is 15.9. The van der Waals surface area contributed by atoms with E-state index in [2.05, 4.69) is 10.3 Å². The van der Waals surface area contributed by atoms with Crippen LogP contribution < -0.4 is 19.7 Å². The van der Waals surface area contributed by atoms with E-state index in [1.165, 1.54) is 16.2 Å². The molecule has 2 aromatic rings. The van der Waals surface area contributed by atoms with Gasteiger partial charge in [0.2, 0.25) is 12.7 Å². The number of rotatable bonds is 4. The van der Waals surface area contributed by atoms with Gasteiger partial charge >= 0.3 is 6.03 Å². The monoisotopic (exact) mass is 346 g/mol. The molecule has 24 heavy (non-hydrogen) atoms. The first-order chi connectivity index (χ1) is 11.7. The Morgan fingerprint density at radius 3 is 3.00 bits per heavy atom. The first-order valence-corrected chi connectivity index (χ1v) is 8.24. The van der Waals surface area contributed by atoms with Crippen LogP contribution in [0.2, 0.25) is 0 Å². The van der Waals surface area contributed by atoms with Gasteiger partial charge in [0.15, 0.2) is 16.6 Å². The minimum Gasteiger partial charge on any atom is -0.454 e. The highest BCUT2D eigenvalue weighted by atomic mass is 32.1. The van der Waals surface area contributed by atoms with E-state index in [1.54, 1.807) is 28.6 Å². The van der Waals surface area contributed by atoms with Gasteiger partial charge in [-0.05, 0) is 12.1 Å². The minimum absolute atomic E-state index is 0.000531. The number of amides is 3. The average Bonchev–Trinajstić information content (AvgIpc) is 3.29. The molecule has 1 saturated heterocycles. The van der Waals surface area contributed by atoms with Gasteiger partial charge in [0.25, 0.3) is 0 Å². The van der Waals surface area contributed by atoms with Gasteiger partial charge < -0.3 is 19.7 Å². The van der Waals surface area contributed by atoms with Crippen LogP contribution in [-0.2, 0) is 4.79 Å². The van der Waals surface area contributed by atoms with Crippen LogP contribution in [-0.4, -0.2) is 48.2 Å². The molecule has 8 nitrogen and oxygen atoms in total. The number of ether oxygens (including phenoxy) is 2. The second kappa shape index (κ2) is 6.00. The predicted octanol–water partition coefficient (Wildman–Crippen LogP) is 1.75. The van der Waals surface area contributed by atoms with E-state index in [4.69, 9.17) is 9.47 Å². The molecule has 1 aromatic carbocycles. The van der Waals surface area contributed by atoms with Crippen molar-refractivity contribution in [1.82, 2.24) is 9.88 Å². The van der Waals surface area contributed by atoms with Gasteiger partial charge in [0.05, 0.1) is 0 Å². The molecule has 3 heterocycles. The highest BCUT2D eigenvalue weighted by Gasteiger charge is 2.31. The SMILES string of the molecule is O=C(CN1CCN(c2ccc3c(c2)OCO3)C1=O)Nc1nccs1. The minimum atomic E-state index is -0.258. The fourth-order valence-electron chi connectivity index (χ4n) is 2.64. The lowest BCUT2D eigenvalue weighted by Crippen LogP contribution is -2.37. The number of benzene rings is 1. The molecule has 1 aromatic heterocycles. The number of aromatic nitrogens is 1. The molecule has 0 atom stereocenters. The van der Waals surface area contributed by atoms with Gasteiger partial charge in [-0.1, -0.05) is 0 Å². The summed E-state index contributed by atoms with van der Waals surface area (Å²) in [5.41, 5.74) is 0.729. The molecule has 0 unspecified atom stereocenters. The molecule has 3 amide bonds. The van der Waals surface area contributed by atoms with Crippen molar-refractivity contribution in [2.75, 3.05) is 36.6 Å². The molecule has 0 aliphatic carbocycles. The number of fused-ring (bicyclic) bond motifs is 1. The number of anilines is 2. The summed E-state index contributed by atoms with van der Waals surface area (Å²) in [6, 6.07) is 5.16. The molecular formula is C15H14N4O4S. The van der Waals surface area contributed by atoms with Crippen LogP contribution in [0.25, 0.3) is 0 Å². The average molecular weight is 346 g/mol. The number of carbonyl (C=O) groups is 2. The third-order valence-electron chi connectivity index (χ3n) is 3.78. The van der Waals surface area contributed by atoms with Gasteiger partial charge in [-0.15, -0.1) is 11.3 Å². The van der Waals surface area contributed by atoms with Crippen LogP contribution in [0.1, 0.15) is 0 Å². The highest BCUT2D eigenvalue weighted by Crippen LogP contribution is 2.36. The van der Waals surface area contributed by atoms with Crippen LogP contribution in [0.5, 0.6) is 11.5 Å². The van der Waals surface area contributed by atoms with E-state index in [-0.39, 0.29) is 25.3 Å². The largest absolute Gasteiger partial charge is 0.454 e. The van der Waals surface area contributed by atoms with Gasteiger partial charge in [-0.2, -0.15) is 0 Å². The molecule has 0 saturated carbocycles. The Labute approximate surface area is 141 Å². The van der Waals surface area contributed by atoms with Crippen molar-refractivity contribution in [2.45, 2.75) is 0 Å². The molecule has 0 spiro atoms. The van der Waals surface area contributed by atoms with Crippen molar-refractivity contribution >= 4 is 34.1 Å². The number of thiazole rings is 1. The number of nitrogens with zero attached hydrogens (tertiary/aromatic N) is 3. The summed E-state index contributed by atoms with van der Waals surface area (Å²) in [7, 11) is 0. The first-order valence-electron chi connectivity index (χ1n) is 7.36. The highest BCUT2D eigenvalue weighted by molar-refractivity contribution is 7.13. The molecule has 0 bridgehead atoms. The lowest BCUT2D eigenvalue weighted by molar-refractivity contribution is -0.116. The summed E-state index contributed by atoms with van der Waals surface area (Å²) in [6.45, 7) is 1.19. The molecule has 124 valence electrons. The zero-order valence-electron chi connectivity index (χ0n) is 12.6. The topological polar surface area (TPSA) is 84.0 Å². The third-order valence-corrected chi connectivity index (χ3v) is 4.46. The van der Waals surface area contributed by atoms with Crippen molar-refractivity contribution in [3.05, 3.63) is 29.8 Å². The summed E-state index contributed by atoms with van der Waals surface area (Å²) in [5, 5.41) is 4.98.